The first-order chi connectivity index (χ1) is 8.84. The number of alkyl halides is 3. The molecule has 106 valence electrons. The number of rotatable bonds is 5. The van der Waals surface area contributed by atoms with Crippen molar-refractivity contribution >= 4 is 23.3 Å². The van der Waals surface area contributed by atoms with Crippen molar-refractivity contribution in [3.63, 3.8) is 0 Å². The van der Waals surface area contributed by atoms with E-state index in [0.717, 1.165) is 6.07 Å². The summed E-state index contributed by atoms with van der Waals surface area (Å²) in [5.41, 5.74) is -0.575. The van der Waals surface area contributed by atoms with Gasteiger partial charge in [-0.15, -0.1) is 0 Å². The number of esters is 1. The summed E-state index contributed by atoms with van der Waals surface area (Å²) in [5.74, 6) is -0.353. The number of anilines is 1. The van der Waals surface area contributed by atoms with E-state index in [-0.39, 0.29) is 17.4 Å². The fourth-order valence-electron chi connectivity index (χ4n) is 1.42. The van der Waals surface area contributed by atoms with Gasteiger partial charge in [0.2, 0.25) is 0 Å². The van der Waals surface area contributed by atoms with Gasteiger partial charge in [-0.3, -0.25) is 4.79 Å². The standard InChI is InChI=1S/C12H13ClF3NO2/c1-19-11(18)3-2-6-17-8-4-5-10(13)9(7-8)12(14,15)16/h4-5,7,17H,2-3,6H2,1H3. The highest BCUT2D eigenvalue weighted by Crippen LogP contribution is 2.36. The molecule has 1 aromatic rings. The van der Waals surface area contributed by atoms with E-state index in [2.05, 4.69) is 10.1 Å². The Labute approximate surface area is 113 Å². The van der Waals surface area contributed by atoms with Crippen LogP contribution < -0.4 is 5.32 Å². The molecule has 1 aromatic carbocycles. The Balaban J connectivity index is 2.58. The summed E-state index contributed by atoms with van der Waals surface area (Å²) in [4.78, 5) is 10.8. The van der Waals surface area contributed by atoms with Gasteiger partial charge in [-0.1, -0.05) is 11.6 Å². The average Bonchev–Trinajstić information content (AvgIpc) is 2.34. The number of nitrogens with one attached hydrogen (secondary N) is 1. The van der Waals surface area contributed by atoms with E-state index in [1.54, 1.807) is 0 Å². The molecular weight excluding hydrogens is 283 g/mol. The lowest BCUT2D eigenvalue weighted by molar-refractivity contribution is -0.140. The molecule has 19 heavy (non-hydrogen) atoms. The molecular formula is C12H13ClF3NO2. The molecule has 0 fully saturated rings. The second-order valence-corrected chi connectivity index (χ2v) is 4.21. The first kappa shape index (κ1) is 15.6. The third-order valence-electron chi connectivity index (χ3n) is 2.39. The van der Waals surface area contributed by atoms with Crippen LogP contribution in [0.25, 0.3) is 0 Å². The molecule has 0 amide bonds. The van der Waals surface area contributed by atoms with Crippen LogP contribution in [0.4, 0.5) is 18.9 Å². The number of hydrogen-bond donors (Lipinski definition) is 1. The number of halogens is 4. The molecule has 0 saturated heterocycles. The SMILES string of the molecule is COC(=O)CCCNc1ccc(Cl)c(C(F)(F)F)c1. The lowest BCUT2D eigenvalue weighted by Crippen LogP contribution is -2.09. The molecule has 0 unspecified atom stereocenters. The third-order valence-corrected chi connectivity index (χ3v) is 2.72. The van der Waals surface area contributed by atoms with Gasteiger partial charge >= 0.3 is 12.1 Å². The van der Waals surface area contributed by atoms with E-state index in [1.807, 2.05) is 0 Å². The first-order valence-corrected chi connectivity index (χ1v) is 5.90. The monoisotopic (exact) mass is 295 g/mol. The highest BCUT2D eigenvalue weighted by molar-refractivity contribution is 6.31. The van der Waals surface area contributed by atoms with Gasteiger partial charge in [0.05, 0.1) is 17.7 Å². The zero-order chi connectivity index (χ0) is 14.5. The molecule has 0 heterocycles. The number of benzene rings is 1. The zero-order valence-corrected chi connectivity index (χ0v) is 10.9. The Kier molecular flexibility index (Phi) is 5.47. The summed E-state index contributed by atoms with van der Waals surface area (Å²) in [6, 6.07) is 3.59. The molecule has 7 heteroatoms. The van der Waals surface area contributed by atoms with Crippen LogP contribution in [0.5, 0.6) is 0 Å². The van der Waals surface area contributed by atoms with Crippen LogP contribution in [-0.2, 0) is 15.7 Å². The second-order valence-electron chi connectivity index (χ2n) is 3.80. The maximum atomic E-state index is 12.6. The summed E-state index contributed by atoms with van der Waals surface area (Å²) >= 11 is 5.49. The van der Waals surface area contributed by atoms with Crippen LogP contribution in [-0.4, -0.2) is 19.6 Å². The molecule has 0 aliphatic carbocycles. The number of carbonyl (C=O) groups excluding carboxylic acids is 1. The Morgan fingerprint density at radius 1 is 1.42 bits per heavy atom. The fraction of sp³-hybridized carbons (Fsp3) is 0.417. The summed E-state index contributed by atoms with van der Waals surface area (Å²) in [6.07, 6.45) is -3.80. The van der Waals surface area contributed by atoms with Crippen LogP contribution in [0.1, 0.15) is 18.4 Å². The number of ether oxygens (including phenoxy) is 1. The quantitative estimate of drug-likeness (QED) is 0.664. The molecule has 0 aliphatic heterocycles. The molecule has 1 rings (SSSR count). The van der Waals surface area contributed by atoms with Gasteiger partial charge in [0.1, 0.15) is 0 Å². The Morgan fingerprint density at radius 2 is 2.11 bits per heavy atom. The van der Waals surface area contributed by atoms with Gasteiger partial charge in [-0.2, -0.15) is 13.2 Å². The van der Waals surface area contributed by atoms with Crippen molar-refractivity contribution in [3.05, 3.63) is 28.8 Å². The van der Waals surface area contributed by atoms with Gasteiger partial charge in [0, 0.05) is 18.7 Å². The van der Waals surface area contributed by atoms with Gasteiger partial charge < -0.3 is 10.1 Å². The minimum Gasteiger partial charge on any atom is -0.469 e. The van der Waals surface area contributed by atoms with Crippen molar-refractivity contribution in [1.29, 1.82) is 0 Å². The van der Waals surface area contributed by atoms with E-state index in [0.29, 0.717) is 18.7 Å². The minimum absolute atomic E-state index is 0.212. The maximum absolute atomic E-state index is 12.6. The van der Waals surface area contributed by atoms with Crippen molar-refractivity contribution in [3.8, 4) is 0 Å². The average molecular weight is 296 g/mol. The molecule has 0 bridgehead atoms. The van der Waals surface area contributed by atoms with E-state index in [9.17, 15) is 18.0 Å². The number of methoxy groups -OCH3 is 1. The first-order valence-electron chi connectivity index (χ1n) is 5.52. The van der Waals surface area contributed by atoms with E-state index in [1.165, 1.54) is 19.2 Å². The minimum atomic E-state index is -4.49. The molecule has 3 nitrogen and oxygen atoms in total. The van der Waals surface area contributed by atoms with Crippen molar-refractivity contribution in [2.45, 2.75) is 19.0 Å². The predicted molar refractivity (Wildman–Crippen MR) is 66.2 cm³/mol. The van der Waals surface area contributed by atoms with Crippen LogP contribution in [0.3, 0.4) is 0 Å². The van der Waals surface area contributed by atoms with Crippen molar-refractivity contribution < 1.29 is 22.7 Å². The highest BCUT2D eigenvalue weighted by atomic mass is 35.5. The van der Waals surface area contributed by atoms with Gasteiger partial charge in [-0.25, -0.2) is 0 Å². The Hall–Kier alpha value is -1.43. The smallest absolute Gasteiger partial charge is 0.417 e. The summed E-state index contributed by atoms with van der Waals surface area (Å²) in [5, 5.41) is 2.46. The summed E-state index contributed by atoms with van der Waals surface area (Å²) < 4.78 is 42.2. The summed E-state index contributed by atoms with van der Waals surface area (Å²) in [7, 11) is 1.28. The zero-order valence-electron chi connectivity index (χ0n) is 10.2. The van der Waals surface area contributed by atoms with E-state index >= 15 is 0 Å². The van der Waals surface area contributed by atoms with Crippen LogP contribution in [0.2, 0.25) is 5.02 Å². The Morgan fingerprint density at radius 3 is 2.68 bits per heavy atom. The van der Waals surface area contributed by atoms with E-state index in [4.69, 9.17) is 11.6 Å². The van der Waals surface area contributed by atoms with Gasteiger partial charge in [0.25, 0.3) is 0 Å². The predicted octanol–water partition coefficient (Wildman–Crippen LogP) is 3.72. The molecule has 0 radical (unpaired) electrons. The molecule has 0 atom stereocenters. The van der Waals surface area contributed by atoms with Crippen LogP contribution in [0, 0.1) is 0 Å². The maximum Gasteiger partial charge on any atom is 0.417 e. The second kappa shape index (κ2) is 6.65. The largest absolute Gasteiger partial charge is 0.469 e. The van der Waals surface area contributed by atoms with Crippen molar-refractivity contribution in [2.75, 3.05) is 19.0 Å². The third kappa shape index (κ3) is 4.98. The molecule has 0 aromatic heterocycles. The van der Waals surface area contributed by atoms with Gasteiger partial charge in [-0.05, 0) is 24.6 Å². The van der Waals surface area contributed by atoms with Crippen molar-refractivity contribution in [2.24, 2.45) is 0 Å². The molecule has 0 spiro atoms. The molecule has 1 N–H and O–H groups in total. The van der Waals surface area contributed by atoms with Crippen LogP contribution in [0.15, 0.2) is 18.2 Å². The van der Waals surface area contributed by atoms with Gasteiger partial charge in [0.15, 0.2) is 0 Å². The highest BCUT2D eigenvalue weighted by Gasteiger charge is 2.33. The molecule has 0 saturated carbocycles. The number of hydrogen-bond acceptors (Lipinski definition) is 3. The topological polar surface area (TPSA) is 38.3 Å². The lowest BCUT2D eigenvalue weighted by atomic mass is 10.2. The lowest BCUT2D eigenvalue weighted by Gasteiger charge is -2.12. The van der Waals surface area contributed by atoms with Crippen LogP contribution >= 0.6 is 11.6 Å². The van der Waals surface area contributed by atoms with Crippen molar-refractivity contribution in [1.82, 2.24) is 0 Å². The molecule has 0 aliphatic rings. The summed E-state index contributed by atoms with van der Waals surface area (Å²) in [6.45, 7) is 0.369. The van der Waals surface area contributed by atoms with E-state index < -0.39 is 11.7 Å². The number of carbonyl (C=O) groups is 1. The fourth-order valence-corrected chi connectivity index (χ4v) is 1.64. The normalized spacial score (nSPS) is 11.2. The Bertz CT molecular complexity index is 449.